The maximum Gasteiger partial charge on any atom is 0.185 e. The third kappa shape index (κ3) is 1.56. The van der Waals surface area contributed by atoms with Crippen molar-refractivity contribution in [2.24, 2.45) is 5.92 Å². The number of aliphatic hydroxyl groups is 1. The van der Waals surface area contributed by atoms with Crippen molar-refractivity contribution in [3.8, 4) is 0 Å². The topological polar surface area (TPSA) is 36.4 Å². The number of nitrogens with zero attached hydrogens (tertiary/aromatic N) is 2. The van der Waals surface area contributed by atoms with Gasteiger partial charge in [0.2, 0.25) is 0 Å². The van der Waals surface area contributed by atoms with Gasteiger partial charge in [0.25, 0.3) is 0 Å². The van der Waals surface area contributed by atoms with Crippen LogP contribution < -0.4 is 4.90 Å². The summed E-state index contributed by atoms with van der Waals surface area (Å²) < 4.78 is 0. The van der Waals surface area contributed by atoms with E-state index in [2.05, 4.69) is 16.8 Å². The van der Waals surface area contributed by atoms with E-state index in [1.54, 1.807) is 11.3 Å². The van der Waals surface area contributed by atoms with Gasteiger partial charge in [-0.15, -0.1) is 11.3 Å². The van der Waals surface area contributed by atoms with Crippen molar-refractivity contribution in [1.29, 1.82) is 0 Å². The first-order valence-corrected chi connectivity index (χ1v) is 5.32. The zero-order chi connectivity index (χ0) is 9.42. The quantitative estimate of drug-likeness (QED) is 0.775. The van der Waals surface area contributed by atoms with Crippen LogP contribution in [-0.4, -0.2) is 29.8 Å². The molecular formula is C9H14N2OS. The van der Waals surface area contributed by atoms with Crippen molar-refractivity contribution < 1.29 is 5.11 Å². The average molecular weight is 198 g/mol. The highest BCUT2D eigenvalue weighted by atomic mass is 32.1. The van der Waals surface area contributed by atoms with Crippen molar-refractivity contribution in [3.63, 3.8) is 0 Å². The number of hydrogen-bond donors (Lipinski definition) is 1. The molecule has 0 aliphatic carbocycles. The Hall–Kier alpha value is -0.610. The molecule has 1 N–H and O–H groups in total. The molecule has 1 aromatic rings. The van der Waals surface area contributed by atoms with Gasteiger partial charge in [-0.1, -0.05) is 0 Å². The molecule has 1 fully saturated rings. The molecule has 2 rings (SSSR count). The van der Waals surface area contributed by atoms with Crippen LogP contribution in [0, 0.1) is 19.8 Å². The Labute approximate surface area is 82.0 Å². The minimum absolute atomic E-state index is 0.305. The van der Waals surface area contributed by atoms with Gasteiger partial charge in [-0.2, -0.15) is 0 Å². The van der Waals surface area contributed by atoms with Crippen LogP contribution >= 0.6 is 11.3 Å². The zero-order valence-corrected chi connectivity index (χ0v) is 8.77. The lowest BCUT2D eigenvalue weighted by Crippen LogP contribution is -2.48. The second kappa shape index (κ2) is 3.27. The summed E-state index contributed by atoms with van der Waals surface area (Å²) in [5, 5.41) is 9.98. The van der Waals surface area contributed by atoms with E-state index in [-0.39, 0.29) is 0 Å². The number of aliphatic hydroxyl groups excluding tert-OH is 1. The first-order chi connectivity index (χ1) is 6.20. The van der Waals surface area contributed by atoms with Gasteiger partial charge in [0, 0.05) is 30.5 Å². The summed E-state index contributed by atoms with van der Waals surface area (Å²) in [7, 11) is 0. The number of rotatable bonds is 2. The summed E-state index contributed by atoms with van der Waals surface area (Å²) in [6, 6.07) is 0. The second-order valence-corrected chi connectivity index (χ2v) is 4.77. The number of aryl methyl sites for hydroxylation is 2. The SMILES string of the molecule is Cc1nc(N2CC(CO)C2)sc1C. The highest BCUT2D eigenvalue weighted by Crippen LogP contribution is 2.30. The van der Waals surface area contributed by atoms with Gasteiger partial charge in [-0.25, -0.2) is 4.98 Å². The molecule has 1 aliphatic heterocycles. The van der Waals surface area contributed by atoms with Gasteiger partial charge in [0.15, 0.2) is 5.13 Å². The van der Waals surface area contributed by atoms with Gasteiger partial charge in [-0.3, -0.25) is 0 Å². The Bertz CT molecular complexity index is 285. The maximum atomic E-state index is 8.87. The standard InChI is InChI=1S/C9H14N2OS/c1-6-7(2)13-9(10-6)11-3-8(4-11)5-12/h8,12H,3-5H2,1-2H3. The Morgan fingerprint density at radius 2 is 2.23 bits per heavy atom. The van der Waals surface area contributed by atoms with E-state index >= 15 is 0 Å². The molecule has 1 aromatic heterocycles. The normalized spacial score (nSPS) is 17.6. The molecule has 0 aromatic carbocycles. The number of thiazole rings is 1. The van der Waals surface area contributed by atoms with Crippen molar-refractivity contribution >= 4 is 16.5 Å². The van der Waals surface area contributed by atoms with Gasteiger partial charge >= 0.3 is 0 Å². The van der Waals surface area contributed by atoms with E-state index in [4.69, 9.17) is 5.11 Å². The monoisotopic (exact) mass is 198 g/mol. The lowest BCUT2D eigenvalue weighted by atomic mass is 10.0. The minimum atomic E-state index is 0.305. The van der Waals surface area contributed by atoms with Crippen LogP contribution in [0.15, 0.2) is 0 Å². The second-order valence-electron chi connectivity index (χ2n) is 3.59. The molecule has 0 bridgehead atoms. The van der Waals surface area contributed by atoms with Crippen LogP contribution in [0.4, 0.5) is 5.13 Å². The maximum absolute atomic E-state index is 8.87. The fourth-order valence-corrected chi connectivity index (χ4v) is 2.36. The molecular weight excluding hydrogens is 184 g/mol. The van der Waals surface area contributed by atoms with Crippen LogP contribution in [0.3, 0.4) is 0 Å². The third-order valence-electron chi connectivity index (χ3n) is 2.50. The summed E-state index contributed by atoms with van der Waals surface area (Å²) in [6.45, 7) is 6.37. The van der Waals surface area contributed by atoms with E-state index in [0.29, 0.717) is 12.5 Å². The highest BCUT2D eigenvalue weighted by molar-refractivity contribution is 7.15. The summed E-state index contributed by atoms with van der Waals surface area (Å²) in [6.07, 6.45) is 0. The zero-order valence-electron chi connectivity index (χ0n) is 7.95. The fraction of sp³-hybridized carbons (Fsp3) is 0.667. The van der Waals surface area contributed by atoms with Crippen LogP contribution in [0.1, 0.15) is 10.6 Å². The summed E-state index contributed by atoms with van der Waals surface area (Å²) in [5.74, 6) is 0.463. The van der Waals surface area contributed by atoms with Crippen LogP contribution in [0.5, 0.6) is 0 Å². The summed E-state index contributed by atoms with van der Waals surface area (Å²) in [5.41, 5.74) is 1.13. The molecule has 0 saturated carbocycles. The Morgan fingerprint density at radius 3 is 2.69 bits per heavy atom. The smallest absolute Gasteiger partial charge is 0.185 e. The van der Waals surface area contributed by atoms with E-state index < -0.39 is 0 Å². The van der Waals surface area contributed by atoms with Crippen molar-refractivity contribution in [2.75, 3.05) is 24.6 Å². The van der Waals surface area contributed by atoms with E-state index in [1.165, 1.54) is 4.88 Å². The van der Waals surface area contributed by atoms with Gasteiger partial charge in [-0.05, 0) is 13.8 Å². The van der Waals surface area contributed by atoms with Gasteiger partial charge < -0.3 is 10.0 Å². The molecule has 0 atom stereocenters. The number of aromatic nitrogens is 1. The largest absolute Gasteiger partial charge is 0.396 e. The molecule has 3 nitrogen and oxygen atoms in total. The van der Waals surface area contributed by atoms with Gasteiger partial charge in [0.1, 0.15) is 0 Å². The molecule has 13 heavy (non-hydrogen) atoms. The Balaban J connectivity index is 2.03. The first-order valence-electron chi connectivity index (χ1n) is 4.50. The third-order valence-corrected chi connectivity index (χ3v) is 3.64. The van der Waals surface area contributed by atoms with Crippen LogP contribution in [0.25, 0.3) is 0 Å². The number of hydrogen-bond acceptors (Lipinski definition) is 4. The Kier molecular flexibility index (Phi) is 2.26. The van der Waals surface area contributed by atoms with E-state index in [1.807, 2.05) is 6.92 Å². The predicted molar refractivity (Wildman–Crippen MR) is 54.4 cm³/mol. The molecule has 2 heterocycles. The van der Waals surface area contributed by atoms with E-state index in [0.717, 1.165) is 23.9 Å². The van der Waals surface area contributed by atoms with E-state index in [9.17, 15) is 0 Å². The summed E-state index contributed by atoms with van der Waals surface area (Å²) in [4.78, 5) is 7.99. The summed E-state index contributed by atoms with van der Waals surface area (Å²) >= 11 is 1.74. The molecule has 0 unspecified atom stereocenters. The fourth-order valence-electron chi connectivity index (χ4n) is 1.43. The molecule has 1 saturated heterocycles. The molecule has 4 heteroatoms. The average Bonchev–Trinajstić information content (AvgIpc) is 2.30. The van der Waals surface area contributed by atoms with Crippen LogP contribution in [0.2, 0.25) is 0 Å². The Morgan fingerprint density at radius 1 is 1.54 bits per heavy atom. The van der Waals surface area contributed by atoms with Crippen molar-refractivity contribution in [1.82, 2.24) is 4.98 Å². The highest BCUT2D eigenvalue weighted by Gasteiger charge is 2.28. The molecule has 0 spiro atoms. The molecule has 1 aliphatic rings. The minimum Gasteiger partial charge on any atom is -0.396 e. The predicted octanol–water partition coefficient (Wildman–Crippen LogP) is 1.19. The molecule has 0 amide bonds. The van der Waals surface area contributed by atoms with Crippen molar-refractivity contribution in [3.05, 3.63) is 10.6 Å². The first kappa shape index (κ1) is 8.97. The lowest BCUT2D eigenvalue weighted by Gasteiger charge is -2.37. The molecule has 72 valence electrons. The lowest BCUT2D eigenvalue weighted by molar-refractivity contribution is 0.200. The van der Waals surface area contributed by atoms with Gasteiger partial charge in [0.05, 0.1) is 5.69 Å². The van der Waals surface area contributed by atoms with Crippen LogP contribution in [-0.2, 0) is 0 Å². The molecule has 0 radical (unpaired) electrons. The number of anilines is 1. The van der Waals surface area contributed by atoms with Crippen molar-refractivity contribution in [2.45, 2.75) is 13.8 Å².